The van der Waals surface area contributed by atoms with Crippen LogP contribution in [0.4, 0.5) is 0 Å². The van der Waals surface area contributed by atoms with E-state index in [9.17, 15) is 4.79 Å². The third kappa shape index (κ3) is 1.24. The average molecular weight is 210 g/mol. The lowest BCUT2D eigenvalue weighted by Crippen LogP contribution is -2.10. The molecule has 0 bridgehead atoms. The summed E-state index contributed by atoms with van der Waals surface area (Å²) in [6, 6.07) is 5.03. The quantitative estimate of drug-likeness (QED) is 0.770. The lowest BCUT2D eigenvalue weighted by molar-refractivity contribution is 0.100. The SMILES string of the molecule is Cn1c(Cl)nc2ccc(C(N)=O)cc21. The minimum absolute atomic E-state index is 0.390. The first-order chi connectivity index (χ1) is 6.59. The molecule has 0 spiro atoms. The van der Waals surface area contributed by atoms with Crippen molar-refractivity contribution in [3.8, 4) is 0 Å². The van der Waals surface area contributed by atoms with Crippen LogP contribution in [-0.2, 0) is 7.05 Å². The van der Waals surface area contributed by atoms with E-state index in [-0.39, 0.29) is 0 Å². The molecular formula is C9H8ClN3O. The molecule has 1 heterocycles. The highest BCUT2D eigenvalue weighted by Crippen LogP contribution is 2.19. The molecule has 0 radical (unpaired) electrons. The molecule has 5 heteroatoms. The first-order valence-electron chi connectivity index (χ1n) is 4.01. The molecule has 14 heavy (non-hydrogen) atoms. The van der Waals surface area contributed by atoms with Crippen molar-refractivity contribution in [3.05, 3.63) is 29.0 Å². The molecule has 72 valence electrons. The molecule has 0 fully saturated rings. The summed E-state index contributed by atoms with van der Waals surface area (Å²) in [5.74, 6) is -0.454. The second-order valence-corrected chi connectivity index (χ2v) is 3.35. The molecule has 1 aromatic carbocycles. The average Bonchev–Trinajstić information content (AvgIpc) is 2.43. The molecule has 0 atom stereocenters. The monoisotopic (exact) mass is 209 g/mol. The van der Waals surface area contributed by atoms with Crippen molar-refractivity contribution in [1.82, 2.24) is 9.55 Å². The van der Waals surface area contributed by atoms with Gasteiger partial charge in [-0.2, -0.15) is 0 Å². The summed E-state index contributed by atoms with van der Waals surface area (Å²) in [5.41, 5.74) is 7.17. The Balaban J connectivity index is 2.76. The molecule has 0 aliphatic carbocycles. The van der Waals surface area contributed by atoms with Crippen molar-refractivity contribution in [2.24, 2.45) is 12.8 Å². The number of carbonyl (C=O) groups excluding carboxylic acids is 1. The van der Waals surface area contributed by atoms with Crippen molar-refractivity contribution in [1.29, 1.82) is 0 Å². The van der Waals surface area contributed by atoms with Crippen LogP contribution >= 0.6 is 11.6 Å². The lowest BCUT2D eigenvalue weighted by Gasteiger charge is -1.97. The van der Waals surface area contributed by atoms with Gasteiger partial charge in [0, 0.05) is 12.6 Å². The Morgan fingerprint density at radius 3 is 2.93 bits per heavy atom. The minimum Gasteiger partial charge on any atom is -0.366 e. The van der Waals surface area contributed by atoms with E-state index in [0.29, 0.717) is 10.8 Å². The van der Waals surface area contributed by atoms with Crippen LogP contribution in [0.3, 0.4) is 0 Å². The number of nitrogens with two attached hydrogens (primary N) is 1. The molecule has 0 saturated heterocycles. The van der Waals surface area contributed by atoms with Gasteiger partial charge in [0.25, 0.3) is 0 Å². The number of halogens is 1. The topological polar surface area (TPSA) is 60.9 Å². The normalized spacial score (nSPS) is 10.7. The van der Waals surface area contributed by atoms with E-state index in [1.807, 2.05) is 0 Å². The van der Waals surface area contributed by atoms with Crippen LogP contribution in [-0.4, -0.2) is 15.5 Å². The van der Waals surface area contributed by atoms with Gasteiger partial charge in [0.1, 0.15) is 0 Å². The number of imidazole rings is 1. The molecule has 1 amide bonds. The van der Waals surface area contributed by atoms with Gasteiger partial charge in [0.2, 0.25) is 11.2 Å². The highest BCUT2D eigenvalue weighted by Gasteiger charge is 2.07. The van der Waals surface area contributed by atoms with Crippen LogP contribution in [0.2, 0.25) is 5.28 Å². The Morgan fingerprint density at radius 2 is 2.29 bits per heavy atom. The zero-order valence-corrected chi connectivity index (χ0v) is 8.25. The Labute approximate surface area is 85.3 Å². The lowest BCUT2D eigenvalue weighted by atomic mass is 10.2. The largest absolute Gasteiger partial charge is 0.366 e. The second kappa shape index (κ2) is 2.99. The van der Waals surface area contributed by atoms with Crippen LogP contribution in [0, 0.1) is 0 Å². The van der Waals surface area contributed by atoms with Gasteiger partial charge in [0.15, 0.2) is 0 Å². The number of fused-ring (bicyclic) bond motifs is 1. The summed E-state index contributed by atoms with van der Waals surface area (Å²) < 4.78 is 1.70. The number of benzene rings is 1. The van der Waals surface area contributed by atoms with Crippen LogP contribution in [0.15, 0.2) is 18.2 Å². The fourth-order valence-electron chi connectivity index (χ4n) is 1.31. The van der Waals surface area contributed by atoms with E-state index < -0.39 is 5.91 Å². The molecule has 0 aliphatic rings. The number of hydrogen-bond donors (Lipinski definition) is 1. The molecule has 2 N–H and O–H groups in total. The van der Waals surface area contributed by atoms with Gasteiger partial charge < -0.3 is 10.3 Å². The summed E-state index contributed by atoms with van der Waals surface area (Å²) >= 11 is 5.82. The number of rotatable bonds is 1. The summed E-state index contributed by atoms with van der Waals surface area (Å²) in [6.45, 7) is 0. The van der Waals surface area contributed by atoms with Gasteiger partial charge in [-0.05, 0) is 29.8 Å². The number of nitrogens with zero attached hydrogens (tertiary/aromatic N) is 2. The van der Waals surface area contributed by atoms with Crippen LogP contribution in [0.5, 0.6) is 0 Å². The fraction of sp³-hybridized carbons (Fsp3) is 0.111. The van der Waals surface area contributed by atoms with Gasteiger partial charge in [-0.25, -0.2) is 4.98 Å². The van der Waals surface area contributed by atoms with Gasteiger partial charge in [-0.3, -0.25) is 4.79 Å². The third-order valence-corrected chi connectivity index (χ3v) is 2.45. The molecular weight excluding hydrogens is 202 g/mol. The van der Waals surface area contributed by atoms with Crippen LogP contribution in [0.25, 0.3) is 11.0 Å². The van der Waals surface area contributed by atoms with Gasteiger partial charge in [-0.15, -0.1) is 0 Å². The predicted molar refractivity (Wildman–Crippen MR) is 54.2 cm³/mol. The smallest absolute Gasteiger partial charge is 0.248 e. The maximum Gasteiger partial charge on any atom is 0.248 e. The Bertz CT molecular complexity index is 518. The van der Waals surface area contributed by atoms with Crippen molar-refractivity contribution in [2.75, 3.05) is 0 Å². The highest BCUT2D eigenvalue weighted by molar-refractivity contribution is 6.29. The first-order valence-corrected chi connectivity index (χ1v) is 4.39. The van der Waals surface area contributed by atoms with Crippen LogP contribution in [0.1, 0.15) is 10.4 Å². The van der Waals surface area contributed by atoms with Gasteiger partial charge in [-0.1, -0.05) is 0 Å². The van der Waals surface area contributed by atoms with Crippen molar-refractivity contribution < 1.29 is 4.79 Å². The third-order valence-electron chi connectivity index (χ3n) is 2.11. The first kappa shape index (κ1) is 9.02. The van der Waals surface area contributed by atoms with Crippen LogP contribution < -0.4 is 5.73 Å². The number of primary amides is 1. The number of aryl methyl sites for hydroxylation is 1. The Hall–Kier alpha value is -1.55. The summed E-state index contributed by atoms with van der Waals surface area (Å²) in [5, 5.41) is 0.390. The molecule has 0 unspecified atom stereocenters. The fourth-order valence-corrected chi connectivity index (χ4v) is 1.50. The van der Waals surface area contributed by atoms with Gasteiger partial charge in [0.05, 0.1) is 11.0 Å². The minimum atomic E-state index is -0.454. The van der Waals surface area contributed by atoms with E-state index in [2.05, 4.69) is 4.98 Å². The van der Waals surface area contributed by atoms with Crippen molar-refractivity contribution in [2.45, 2.75) is 0 Å². The second-order valence-electron chi connectivity index (χ2n) is 3.01. The maximum absolute atomic E-state index is 10.9. The Kier molecular flexibility index (Phi) is 1.93. The zero-order chi connectivity index (χ0) is 10.3. The van der Waals surface area contributed by atoms with E-state index in [1.165, 1.54) is 0 Å². The zero-order valence-electron chi connectivity index (χ0n) is 7.49. The summed E-state index contributed by atoms with van der Waals surface area (Å²) in [4.78, 5) is 15.0. The maximum atomic E-state index is 10.9. The van der Waals surface area contributed by atoms with Crippen molar-refractivity contribution in [3.63, 3.8) is 0 Å². The van der Waals surface area contributed by atoms with Crippen molar-refractivity contribution >= 4 is 28.5 Å². The molecule has 1 aromatic heterocycles. The molecule has 2 aromatic rings. The standard InChI is InChI=1S/C9H8ClN3O/c1-13-7-4-5(8(11)14)2-3-6(7)12-9(13)10/h2-4H,1H3,(H2,11,14). The number of amides is 1. The molecule has 4 nitrogen and oxygen atoms in total. The van der Waals surface area contributed by atoms with E-state index >= 15 is 0 Å². The van der Waals surface area contributed by atoms with E-state index in [0.717, 1.165) is 11.0 Å². The van der Waals surface area contributed by atoms with Gasteiger partial charge >= 0.3 is 0 Å². The molecule has 0 aliphatic heterocycles. The predicted octanol–water partition coefficient (Wildman–Crippen LogP) is 1.33. The number of aromatic nitrogens is 2. The number of hydrogen-bond acceptors (Lipinski definition) is 2. The Morgan fingerprint density at radius 1 is 1.57 bits per heavy atom. The summed E-state index contributed by atoms with van der Waals surface area (Å²) in [7, 11) is 1.78. The number of carbonyl (C=O) groups is 1. The molecule has 2 rings (SSSR count). The summed E-state index contributed by atoms with van der Waals surface area (Å²) in [6.07, 6.45) is 0. The highest BCUT2D eigenvalue weighted by atomic mass is 35.5. The van der Waals surface area contributed by atoms with E-state index in [1.54, 1.807) is 29.8 Å². The molecule has 0 saturated carbocycles. The van der Waals surface area contributed by atoms with E-state index in [4.69, 9.17) is 17.3 Å².